The molecule has 0 aliphatic carbocycles. The highest BCUT2D eigenvalue weighted by molar-refractivity contribution is 5.35. The summed E-state index contributed by atoms with van der Waals surface area (Å²) in [5.74, 6) is 0. The zero-order chi connectivity index (χ0) is 13.4. The Bertz CT molecular complexity index is 425. The van der Waals surface area contributed by atoms with Crippen molar-refractivity contribution >= 4 is 0 Å². The van der Waals surface area contributed by atoms with Gasteiger partial charge in [0, 0.05) is 6.54 Å². The minimum Gasteiger partial charge on any atom is -0.386 e. The summed E-state index contributed by atoms with van der Waals surface area (Å²) in [6.45, 7) is 7.26. The molecule has 2 unspecified atom stereocenters. The van der Waals surface area contributed by atoms with E-state index in [1.807, 2.05) is 26.8 Å². The van der Waals surface area contributed by atoms with E-state index in [4.69, 9.17) is 5.73 Å². The summed E-state index contributed by atoms with van der Waals surface area (Å²) in [7, 11) is 0. The Hall–Kier alpha value is -0.900. The van der Waals surface area contributed by atoms with Crippen LogP contribution in [0.2, 0.25) is 0 Å². The molecule has 0 saturated carbocycles. The Labute approximate surface area is 109 Å². The Kier molecular flexibility index (Phi) is 3.49. The van der Waals surface area contributed by atoms with Crippen molar-refractivity contribution in [2.75, 3.05) is 13.1 Å². The van der Waals surface area contributed by atoms with Gasteiger partial charge in [0.1, 0.15) is 5.60 Å². The van der Waals surface area contributed by atoms with E-state index in [0.717, 1.165) is 13.0 Å². The fraction of sp³-hybridized carbons (Fsp3) is 0.600. The third-order valence-corrected chi connectivity index (χ3v) is 4.20. The summed E-state index contributed by atoms with van der Waals surface area (Å²) in [4.78, 5) is 0. The van der Waals surface area contributed by atoms with E-state index in [1.54, 1.807) is 0 Å². The lowest BCUT2D eigenvalue weighted by molar-refractivity contribution is -0.0819. The number of fused-ring (bicyclic) bond motifs is 1. The minimum absolute atomic E-state index is 0.0903. The Balaban J connectivity index is 2.46. The number of rotatable bonds is 2. The highest BCUT2D eigenvalue weighted by Crippen LogP contribution is 2.41. The van der Waals surface area contributed by atoms with Crippen molar-refractivity contribution in [3.05, 3.63) is 35.4 Å². The average Bonchev–Trinajstić information content (AvgIpc) is 2.35. The van der Waals surface area contributed by atoms with Gasteiger partial charge in [-0.2, -0.15) is 0 Å². The Morgan fingerprint density at radius 1 is 1.33 bits per heavy atom. The van der Waals surface area contributed by atoms with Crippen LogP contribution in [0.25, 0.3) is 0 Å². The molecule has 0 aromatic heterocycles. The van der Waals surface area contributed by atoms with Crippen LogP contribution in [0.1, 0.15) is 37.9 Å². The van der Waals surface area contributed by atoms with Gasteiger partial charge in [-0.15, -0.1) is 0 Å². The van der Waals surface area contributed by atoms with Gasteiger partial charge in [-0.1, -0.05) is 45.0 Å². The molecule has 1 aliphatic heterocycles. The van der Waals surface area contributed by atoms with E-state index in [2.05, 4.69) is 23.5 Å². The number of hydrogen-bond donors (Lipinski definition) is 3. The molecule has 1 aromatic rings. The van der Waals surface area contributed by atoms with Gasteiger partial charge in [0.25, 0.3) is 0 Å². The monoisotopic (exact) mass is 248 g/mol. The van der Waals surface area contributed by atoms with Crippen LogP contribution in [0.3, 0.4) is 0 Å². The van der Waals surface area contributed by atoms with Crippen molar-refractivity contribution in [1.82, 2.24) is 5.32 Å². The fourth-order valence-corrected chi connectivity index (χ4v) is 2.79. The van der Waals surface area contributed by atoms with Crippen molar-refractivity contribution in [2.24, 2.45) is 11.1 Å². The third-order valence-electron chi connectivity index (χ3n) is 4.20. The van der Waals surface area contributed by atoms with Crippen LogP contribution in [-0.2, 0) is 6.42 Å². The topological polar surface area (TPSA) is 58.3 Å². The van der Waals surface area contributed by atoms with E-state index < -0.39 is 5.60 Å². The van der Waals surface area contributed by atoms with Crippen molar-refractivity contribution < 1.29 is 5.11 Å². The molecule has 3 nitrogen and oxygen atoms in total. The number of benzene rings is 1. The van der Waals surface area contributed by atoms with Crippen LogP contribution in [0.5, 0.6) is 0 Å². The van der Waals surface area contributed by atoms with E-state index in [9.17, 15) is 5.11 Å². The SMILES string of the molecule is CC(C)(C)C(O)(CN)C1NCCc2ccccc21. The van der Waals surface area contributed by atoms with Gasteiger partial charge >= 0.3 is 0 Å². The molecule has 0 spiro atoms. The second-order valence-electron chi connectivity index (χ2n) is 6.21. The van der Waals surface area contributed by atoms with Crippen molar-refractivity contribution in [1.29, 1.82) is 0 Å². The molecule has 18 heavy (non-hydrogen) atoms. The predicted octanol–water partition coefficient (Wildman–Crippen LogP) is 1.61. The average molecular weight is 248 g/mol. The smallest absolute Gasteiger partial charge is 0.101 e. The molecule has 0 fully saturated rings. The Morgan fingerprint density at radius 2 is 2.00 bits per heavy atom. The maximum absolute atomic E-state index is 11.0. The first kappa shape index (κ1) is 13.5. The number of hydrogen-bond acceptors (Lipinski definition) is 3. The lowest BCUT2D eigenvalue weighted by Gasteiger charge is -2.47. The maximum atomic E-state index is 11.0. The van der Waals surface area contributed by atoms with Gasteiger partial charge in [-0.05, 0) is 29.5 Å². The van der Waals surface area contributed by atoms with Gasteiger partial charge < -0.3 is 16.2 Å². The molecule has 3 heteroatoms. The highest BCUT2D eigenvalue weighted by atomic mass is 16.3. The summed E-state index contributed by atoms with van der Waals surface area (Å²) in [5.41, 5.74) is 7.18. The van der Waals surface area contributed by atoms with Gasteiger partial charge in [0.2, 0.25) is 0 Å². The summed E-state index contributed by atoms with van der Waals surface area (Å²) in [6, 6.07) is 8.23. The van der Waals surface area contributed by atoms with Gasteiger partial charge in [0.05, 0.1) is 6.04 Å². The van der Waals surface area contributed by atoms with Crippen LogP contribution >= 0.6 is 0 Å². The number of nitrogens with two attached hydrogens (primary N) is 1. The zero-order valence-corrected chi connectivity index (χ0v) is 11.5. The summed E-state index contributed by atoms with van der Waals surface area (Å²) < 4.78 is 0. The molecule has 0 amide bonds. The molecule has 0 bridgehead atoms. The van der Waals surface area contributed by atoms with Crippen LogP contribution < -0.4 is 11.1 Å². The molecule has 100 valence electrons. The first-order valence-electron chi connectivity index (χ1n) is 6.64. The van der Waals surface area contributed by atoms with Crippen LogP contribution in [0.4, 0.5) is 0 Å². The van der Waals surface area contributed by atoms with Crippen LogP contribution in [0, 0.1) is 5.41 Å². The van der Waals surface area contributed by atoms with E-state index in [-0.39, 0.29) is 18.0 Å². The van der Waals surface area contributed by atoms with Crippen molar-refractivity contribution in [3.63, 3.8) is 0 Å². The fourth-order valence-electron chi connectivity index (χ4n) is 2.79. The van der Waals surface area contributed by atoms with Gasteiger partial charge in [0.15, 0.2) is 0 Å². The first-order valence-corrected chi connectivity index (χ1v) is 6.64. The molecule has 1 aliphatic rings. The second kappa shape index (κ2) is 4.65. The van der Waals surface area contributed by atoms with E-state index >= 15 is 0 Å². The minimum atomic E-state index is -0.941. The maximum Gasteiger partial charge on any atom is 0.101 e. The molecule has 4 N–H and O–H groups in total. The lowest BCUT2D eigenvalue weighted by atomic mass is 9.68. The summed E-state index contributed by atoms with van der Waals surface area (Å²) in [5, 5.41) is 14.5. The third kappa shape index (κ3) is 2.07. The normalized spacial score (nSPS) is 23.3. The van der Waals surface area contributed by atoms with E-state index in [0.29, 0.717) is 0 Å². The molecule has 2 atom stereocenters. The molecule has 2 rings (SSSR count). The van der Waals surface area contributed by atoms with Gasteiger partial charge in [-0.25, -0.2) is 0 Å². The van der Waals surface area contributed by atoms with Crippen LogP contribution in [0.15, 0.2) is 24.3 Å². The summed E-state index contributed by atoms with van der Waals surface area (Å²) >= 11 is 0. The zero-order valence-electron chi connectivity index (χ0n) is 11.5. The molecular formula is C15H24N2O. The van der Waals surface area contributed by atoms with Crippen molar-refractivity contribution in [3.8, 4) is 0 Å². The highest BCUT2D eigenvalue weighted by Gasteiger charge is 2.47. The summed E-state index contributed by atoms with van der Waals surface area (Å²) in [6.07, 6.45) is 1.01. The molecule has 0 radical (unpaired) electrons. The Morgan fingerprint density at radius 3 is 2.61 bits per heavy atom. The largest absolute Gasteiger partial charge is 0.386 e. The molecular weight excluding hydrogens is 224 g/mol. The number of aliphatic hydroxyl groups is 1. The van der Waals surface area contributed by atoms with Crippen LogP contribution in [-0.4, -0.2) is 23.8 Å². The van der Waals surface area contributed by atoms with Gasteiger partial charge in [-0.3, -0.25) is 0 Å². The molecule has 1 aromatic carbocycles. The second-order valence-corrected chi connectivity index (χ2v) is 6.21. The first-order chi connectivity index (χ1) is 8.40. The lowest BCUT2D eigenvalue weighted by Crippen LogP contribution is -2.58. The molecule has 1 heterocycles. The van der Waals surface area contributed by atoms with Crippen molar-refractivity contribution in [2.45, 2.75) is 38.8 Å². The number of nitrogens with one attached hydrogen (secondary N) is 1. The quantitative estimate of drug-likeness (QED) is 0.745. The standard InChI is InChI=1S/C15H24N2O/c1-14(2,3)15(18,10-16)13-12-7-5-4-6-11(12)8-9-17-13/h4-7,13,17-18H,8-10,16H2,1-3H3. The molecule has 0 saturated heterocycles. The predicted molar refractivity (Wildman–Crippen MR) is 74.3 cm³/mol. The van der Waals surface area contributed by atoms with E-state index in [1.165, 1.54) is 11.1 Å².